The SMILES string of the molecule is CCCC(C)Nc1ncc(Br)c(OC)n1. The monoisotopic (exact) mass is 273 g/mol. The van der Waals surface area contributed by atoms with Gasteiger partial charge in [0.1, 0.15) is 0 Å². The summed E-state index contributed by atoms with van der Waals surface area (Å²) >= 11 is 3.31. The van der Waals surface area contributed by atoms with Crippen LogP contribution in [0.1, 0.15) is 26.7 Å². The Kier molecular flexibility index (Phi) is 4.81. The predicted molar refractivity (Wildman–Crippen MR) is 64.3 cm³/mol. The lowest BCUT2D eigenvalue weighted by Crippen LogP contribution is -2.16. The van der Waals surface area contributed by atoms with Crippen LogP contribution in [-0.2, 0) is 0 Å². The lowest BCUT2D eigenvalue weighted by Gasteiger charge is -2.13. The predicted octanol–water partition coefficient (Wildman–Crippen LogP) is 2.85. The summed E-state index contributed by atoms with van der Waals surface area (Å²) < 4.78 is 5.85. The van der Waals surface area contributed by atoms with Crippen LogP contribution in [0, 0.1) is 0 Å². The molecule has 0 spiro atoms. The van der Waals surface area contributed by atoms with E-state index in [9.17, 15) is 0 Å². The molecule has 1 N–H and O–H groups in total. The van der Waals surface area contributed by atoms with Gasteiger partial charge in [-0.25, -0.2) is 4.98 Å². The van der Waals surface area contributed by atoms with Crippen molar-refractivity contribution in [3.05, 3.63) is 10.7 Å². The van der Waals surface area contributed by atoms with Crippen LogP contribution in [0.3, 0.4) is 0 Å². The summed E-state index contributed by atoms with van der Waals surface area (Å²) in [4.78, 5) is 8.38. The highest BCUT2D eigenvalue weighted by Crippen LogP contribution is 2.22. The number of methoxy groups -OCH3 is 1. The highest BCUT2D eigenvalue weighted by atomic mass is 79.9. The topological polar surface area (TPSA) is 47.0 Å². The average molecular weight is 274 g/mol. The Bertz CT molecular complexity index is 320. The zero-order valence-corrected chi connectivity index (χ0v) is 10.8. The molecule has 0 radical (unpaired) electrons. The van der Waals surface area contributed by atoms with Crippen LogP contribution in [0.15, 0.2) is 10.7 Å². The normalized spacial score (nSPS) is 12.3. The van der Waals surface area contributed by atoms with Crippen LogP contribution in [0.5, 0.6) is 5.88 Å². The summed E-state index contributed by atoms with van der Waals surface area (Å²) in [7, 11) is 1.59. The van der Waals surface area contributed by atoms with Gasteiger partial charge in [0, 0.05) is 6.04 Å². The van der Waals surface area contributed by atoms with Crippen molar-refractivity contribution in [2.24, 2.45) is 0 Å². The second-order valence-corrected chi connectivity index (χ2v) is 4.24. The van der Waals surface area contributed by atoms with Gasteiger partial charge in [0.25, 0.3) is 0 Å². The molecule has 4 nitrogen and oxygen atoms in total. The molecule has 1 atom stereocenters. The molecule has 84 valence electrons. The Morgan fingerprint density at radius 2 is 2.33 bits per heavy atom. The number of halogens is 1. The van der Waals surface area contributed by atoms with Gasteiger partial charge in [-0.05, 0) is 29.3 Å². The van der Waals surface area contributed by atoms with E-state index in [-0.39, 0.29) is 0 Å². The lowest BCUT2D eigenvalue weighted by molar-refractivity contribution is 0.394. The van der Waals surface area contributed by atoms with E-state index in [1.165, 1.54) is 0 Å². The van der Waals surface area contributed by atoms with Crippen LogP contribution < -0.4 is 10.1 Å². The largest absolute Gasteiger partial charge is 0.480 e. The second kappa shape index (κ2) is 5.90. The first-order chi connectivity index (χ1) is 7.17. The van der Waals surface area contributed by atoms with E-state index in [2.05, 4.69) is 45.1 Å². The van der Waals surface area contributed by atoms with Gasteiger partial charge >= 0.3 is 0 Å². The maximum absolute atomic E-state index is 5.09. The molecule has 0 aliphatic carbocycles. The molecular formula is C10H16BrN3O. The molecule has 0 saturated heterocycles. The van der Waals surface area contributed by atoms with Crippen LogP contribution in [0.25, 0.3) is 0 Å². The van der Waals surface area contributed by atoms with E-state index in [4.69, 9.17) is 4.74 Å². The van der Waals surface area contributed by atoms with Crippen LogP contribution in [0.2, 0.25) is 0 Å². The van der Waals surface area contributed by atoms with E-state index in [1.54, 1.807) is 13.3 Å². The Morgan fingerprint density at radius 1 is 1.60 bits per heavy atom. The quantitative estimate of drug-likeness (QED) is 0.896. The van der Waals surface area contributed by atoms with E-state index >= 15 is 0 Å². The highest BCUT2D eigenvalue weighted by molar-refractivity contribution is 9.10. The fourth-order valence-electron chi connectivity index (χ4n) is 1.29. The van der Waals surface area contributed by atoms with Crippen molar-refractivity contribution in [2.75, 3.05) is 12.4 Å². The summed E-state index contributed by atoms with van der Waals surface area (Å²) in [5.41, 5.74) is 0. The number of rotatable bonds is 5. The van der Waals surface area contributed by atoms with Gasteiger partial charge in [0.05, 0.1) is 17.8 Å². The number of anilines is 1. The third kappa shape index (κ3) is 3.66. The number of ether oxygens (including phenoxy) is 1. The fourth-order valence-corrected chi connectivity index (χ4v) is 1.64. The average Bonchev–Trinajstić information content (AvgIpc) is 2.21. The minimum absolute atomic E-state index is 0.376. The van der Waals surface area contributed by atoms with Crippen LogP contribution in [-0.4, -0.2) is 23.1 Å². The van der Waals surface area contributed by atoms with E-state index < -0.39 is 0 Å². The lowest BCUT2D eigenvalue weighted by atomic mass is 10.2. The Hall–Kier alpha value is -0.840. The summed E-state index contributed by atoms with van der Waals surface area (Å²) in [5.74, 6) is 1.16. The van der Waals surface area contributed by atoms with Crippen LogP contribution >= 0.6 is 15.9 Å². The first kappa shape index (κ1) is 12.2. The molecule has 15 heavy (non-hydrogen) atoms. The molecular weight excluding hydrogens is 258 g/mol. The molecule has 0 aliphatic rings. The van der Waals surface area contributed by atoms with Crippen molar-refractivity contribution in [3.63, 3.8) is 0 Å². The molecule has 0 fully saturated rings. The van der Waals surface area contributed by atoms with Gasteiger partial charge in [-0.1, -0.05) is 13.3 Å². The molecule has 0 amide bonds. The molecule has 1 aromatic rings. The Balaban J connectivity index is 2.69. The molecule has 0 bridgehead atoms. The molecule has 1 unspecified atom stereocenters. The van der Waals surface area contributed by atoms with Crippen molar-refractivity contribution >= 4 is 21.9 Å². The molecule has 0 saturated carbocycles. The smallest absolute Gasteiger partial charge is 0.232 e. The van der Waals surface area contributed by atoms with Gasteiger partial charge in [-0.2, -0.15) is 4.98 Å². The summed E-state index contributed by atoms with van der Waals surface area (Å²) in [5, 5.41) is 3.22. The second-order valence-electron chi connectivity index (χ2n) is 3.38. The van der Waals surface area contributed by atoms with Crippen molar-refractivity contribution in [1.29, 1.82) is 0 Å². The van der Waals surface area contributed by atoms with Gasteiger partial charge in [0.15, 0.2) is 0 Å². The molecule has 1 aromatic heterocycles. The van der Waals surface area contributed by atoms with Gasteiger partial charge in [-0.15, -0.1) is 0 Å². The van der Waals surface area contributed by atoms with Crippen molar-refractivity contribution < 1.29 is 4.74 Å². The zero-order chi connectivity index (χ0) is 11.3. The van der Waals surface area contributed by atoms with Crippen LogP contribution in [0.4, 0.5) is 5.95 Å². The third-order valence-corrected chi connectivity index (χ3v) is 2.55. The third-order valence-electron chi connectivity index (χ3n) is 2.00. The van der Waals surface area contributed by atoms with E-state index in [0.29, 0.717) is 17.9 Å². The number of hydrogen-bond donors (Lipinski definition) is 1. The Morgan fingerprint density at radius 3 is 2.93 bits per heavy atom. The molecule has 5 heteroatoms. The summed E-state index contributed by atoms with van der Waals surface area (Å²) in [6.07, 6.45) is 3.93. The summed E-state index contributed by atoms with van der Waals surface area (Å²) in [6.45, 7) is 4.27. The minimum Gasteiger partial charge on any atom is -0.480 e. The van der Waals surface area contributed by atoms with E-state index in [0.717, 1.165) is 17.3 Å². The molecule has 1 rings (SSSR count). The first-order valence-corrected chi connectivity index (χ1v) is 5.79. The number of hydrogen-bond acceptors (Lipinski definition) is 4. The first-order valence-electron chi connectivity index (χ1n) is 5.00. The number of nitrogens with zero attached hydrogens (tertiary/aromatic N) is 2. The standard InChI is InChI=1S/C10H16BrN3O/c1-4-5-7(2)13-10-12-6-8(11)9(14-10)15-3/h6-7H,4-5H2,1-3H3,(H,12,13,14). The Labute approximate surface area is 98.6 Å². The number of nitrogens with one attached hydrogen (secondary N) is 1. The van der Waals surface area contributed by atoms with Gasteiger partial charge < -0.3 is 10.1 Å². The zero-order valence-electron chi connectivity index (χ0n) is 9.25. The van der Waals surface area contributed by atoms with Crippen molar-refractivity contribution in [1.82, 2.24) is 9.97 Å². The summed E-state index contributed by atoms with van der Waals surface area (Å²) in [6, 6.07) is 0.376. The highest BCUT2D eigenvalue weighted by Gasteiger charge is 2.07. The van der Waals surface area contributed by atoms with E-state index in [1.807, 2.05) is 0 Å². The maximum atomic E-state index is 5.09. The number of aromatic nitrogens is 2. The van der Waals surface area contributed by atoms with Gasteiger partial charge in [0.2, 0.25) is 11.8 Å². The molecule has 0 aliphatic heterocycles. The van der Waals surface area contributed by atoms with Crippen molar-refractivity contribution in [2.45, 2.75) is 32.7 Å². The fraction of sp³-hybridized carbons (Fsp3) is 0.600. The van der Waals surface area contributed by atoms with Crippen molar-refractivity contribution in [3.8, 4) is 5.88 Å². The minimum atomic E-state index is 0.376. The molecule has 0 aromatic carbocycles. The molecule has 1 heterocycles. The van der Waals surface area contributed by atoms with Gasteiger partial charge in [-0.3, -0.25) is 0 Å². The maximum Gasteiger partial charge on any atom is 0.232 e.